The first kappa shape index (κ1) is 13.2. The lowest BCUT2D eigenvalue weighted by Gasteiger charge is -2.10. The third kappa shape index (κ3) is 2.80. The van der Waals surface area contributed by atoms with Crippen LogP contribution in [0.15, 0.2) is 12.3 Å². The molecule has 9 heteroatoms. The van der Waals surface area contributed by atoms with Crippen molar-refractivity contribution in [1.82, 2.24) is 25.0 Å². The van der Waals surface area contributed by atoms with Gasteiger partial charge in [-0.15, -0.1) is 5.10 Å². The molecule has 102 valence electrons. The maximum atomic E-state index is 12.8. The van der Waals surface area contributed by atoms with E-state index in [1.807, 2.05) is 0 Å². The predicted molar refractivity (Wildman–Crippen MR) is 61.2 cm³/mol. The fourth-order valence-corrected chi connectivity index (χ4v) is 1.48. The second-order valence-electron chi connectivity index (χ2n) is 3.73. The Morgan fingerprint density at radius 2 is 2.05 bits per heavy atom. The van der Waals surface area contributed by atoms with E-state index in [-0.39, 0.29) is 11.6 Å². The van der Waals surface area contributed by atoms with Crippen molar-refractivity contribution in [2.24, 2.45) is 7.05 Å². The predicted octanol–water partition coefficient (Wildman–Crippen LogP) is 1.72. The number of hydrogen-bond acceptors (Lipinski definition) is 5. The average Bonchev–Trinajstić information content (AvgIpc) is 2.74. The first-order valence-corrected chi connectivity index (χ1v) is 5.47. The molecule has 0 saturated carbocycles. The zero-order valence-corrected chi connectivity index (χ0v) is 10.2. The highest BCUT2D eigenvalue weighted by molar-refractivity contribution is 5.55. The molecular formula is C10H11F3N6. The number of hydrogen-bond donors (Lipinski definition) is 1. The van der Waals surface area contributed by atoms with Crippen molar-refractivity contribution >= 4 is 5.95 Å². The van der Waals surface area contributed by atoms with E-state index in [1.165, 1.54) is 10.9 Å². The molecule has 0 atom stereocenters. The first-order chi connectivity index (χ1) is 8.91. The summed E-state index contributed by atoms with van der Waals surface area (Å²) in [6, 6.07) is 0.875. The Kier molecular flexibility index (Phi) is 3.36. The molecular weight excluding hydrogens is 261 g/mol. The highest BCUT2D eigenvalue weighted by atomic mass is 19.4. The van der Waals surface area contributed by atoms with Gasteiger partial charge in [0.2, 0.25) is 5.95 Å². The number of halogens is 3. The molecule has 6 nitrogen and oxygen atoms in total. The van der Waals surface area contributed by atoms with Crippen molar-refractivity contribution in [2.75, 3.05) is 11.9 Å². The summed E-state index contributed by atoms with van der Waals surface area (Å²) in [7, 11) is 1.57. The van der Waals surface area contributed by atoms with Crippen molar-refractivity contribution in [3.63, 3.8) is 0 Å². The topological polar surface area (TPSA) is 68.5 Å². The summed E-state index contributed by atoms with van der Waals surface area (Å²) in [6.07, 6.45) is -3.19. The molecule has 2 aromatic rings. The van der Waals surface area contributed by atoms with Crippen LogP contribution in [0.25, 0.3) is 11.4 Å². The molecule has 0 bridgehead atoms. The quantitative estimate of drug-likeness (QED) is 0.921. The molecule has 0 aliphatic heterocycles. The molecule has 19 heavy (non-hydrogen) atoms. The van der Waals surface area contributed by atoms with Gasteiger partial charge in [0, 0.05) is 13.6 Å². The lowest BCUT2D eigenvalue weighted by atomic mass is 10.2. The Bertz CT molecular complexity index is 577. The van der Waals surface area contributed by atoms with Crippen molar-refractivity contribution < 1.29 is 13.2 Å². The van der Waals surface area contributed by atoms with Crippen LogP contribution in [0.4, 0.5) is 19.1 Å². The minimum atomic E-state index is -4.53. The number of aryl methyl sites for hydroxylation is 1. The summed E-state index contributed by atoms with van der Waals surface area (Å²) in [5.74, 6) is -0.0754. The summed E-state index contributed by atoms with van der Waals surface area (Å²) in [4.78, 5) is 7.45. The van der Waals surface area contributed by atoms with Crippen molar-refractivity contribution in [3.8, 4) is 11.4 Å². The smallest absolute Gasteiger partial charge is 0.354 e. The number of anilines is 1. The zero-order chi connectivity index (χ0) is 14.0. The van der Waals surface area contributed by atoms with Crippen LogP contribution in [0.3, 0.4) is 0 Å². The first-order valence-electron chi connectivity index (χ1n) is 5.47. The highest BCUT2D eigenvalue weighted by Crippen LogP contribution is 2.30. The standard InChI is InChI=1S/C10H11F3N6/c1-3-14-9-16-6(7-5-15-18-19(7)2)4-8(17-9)10(11,12)13/h4-5H,3H2,1-2H3,(H,14,16,17). The third-order valence-electron chi connectivity index (χ3n) is 2.33. The summed E-state index contributed by atoms with van der Waals surface area (Å²) < 4.78 is 39.7. The molecule has 0 aliphatic rings. The summed E-state index contributed by atoms with van der Waals surface area (Å²) in [6.45, 7) is 2.17. The van der Waals surface area contributed by atoms with Crippen molar-refractivity contribution in [2.45, 2.75) is 13.1 Å². The maximum absolute atomic E-state index is 12.8. The Hall–Kier alpha value is -2.19. The van der Waals surface area contributed by atoms with Gasteiger partial charge < -0.3 is 5.32 Å². The van der Waals surface area contributed by atoms with E-state index in [2.05, 4.69) is 25.6 Å². The minimum absolute atomic E-state index is 0.0754. The monoisotopic (exact) mass is 272 g/mol. The van der Waals surface area contributed by atoms with Gasteiger partial charge in [0.25, 0.3) is 0 Å². The van der Waals surface area contributed by atoms with Gasteiger partial charge in [0.1, 0.15) is 5.69 Å². The van der Waals surface area contributed by atoms with E-state index in [4.69, 9.17) is 0 Å². The molecule has 0 radical (unpaired) electrons. The van der Waals surface area contributed by atoms with Crippen LogP contribution in [-0.2, 0) is 13.2 Å². The number of nitrogens with zero attached hydrogens (tertiary/aromatic N) is 5. The van der Waals surface area contributed by atoms with E-state index >= 15 is 0 Å². The SMILES string of the molecule is CCNc1nc(-c2cnnn2C)cc(C(F)(F)F)n1. The second-order valence-corrected chi connectivity index (χ2v) is 3.73. The Morgan fingerprint density at radius 3 is 2.58 bits per heavy atom. The van der Waals surface area contributed by atoms with Gasteiger partial charge in [-0.25, -0.2) is 14.6 Å². The van der Waals surface area contributed by atoms with Crippen LogP contribution in [0.2, 0.25) is 0 Å². The van der Waals surface area contributed by atoms with E-state index in [1.54, 1.807) is 14.0 Å². The Labute approximate surface area is 106 Å². The molecule has 0 spiro atoms. The minimum Gasteiger partial charge on any atom is -0.354 e. The van der Waals surface area contributed by atoms with Crippen LogP contribution in [0.5, 0.6) is 0 Å². The zero-order valence-electron chi connectivity index (χ0n) is 10.2. The van der Waals surface area contributed by atoms with Gasteiger partial charge >= 0.3 is 6.18 Å². The van der Waals surface area contributed by atoms with E-state index in [0.29, 0.717) is 12.2 Å². The average molecular weight is 272 g/mol. The normalized spacial score (nSPS) is 11.6. The number of nitrogens with one attached hydrogen (secondary N) is 1. The third-order valence-corrected chi connectivity index (χ3v) is 2.33. The largest absolute Gasteiger partial charge is 0.433 e. The van der Waals surface area contributed by atoms with Gasteiger partial charge in [-0.1, -0.05) is 5.21 Å². The molecule has 0 fully saturated rings. The van der Waals surface area contributed by atoms with Crippen LogP contribution < -0.4 is 5.32 Å². The van der Waals surface area contributed by atoms with Gasteiger partial charge in [-0.05, 0) is 13.0 Å². The van der Waals surface area contributed by atoms with Gasteiger partial charge in [-0.3, -0.25) is 0 Å². The molecule has 2 rings (SSSR count). The molecule has 0 aromatic carbocycles. The fraction of sp³-hybridized carbons (Fsp3) is 0.400. The fourth-order valence-electron chi connectivity index (χ4n) is 1.48. The maximum Gasteiger partial charge on any atom is 0.433 e. The molecule has 1 N–H and O–H groups in total. The molecule has 0 unspecified atom stereocenters. The molecule has 2 heterocycles. The molecule has 0 aliphatic carbocycles. The van der Waals surface area contributed by atoms with Gasteiger partial charge in [0.05, 0.1) is 11.9 Å². The summed E-state index contributed by atoms with van der Waals surface area (Å²) in [5, 5.41) is 9.95. The Morgan fingerprint density at radius 1 is 1.32 bits per heavy atom. The molecule has 2 aromatic heterocycles. The molecule has 0 amide bonds. The van der Waals surface area contributed by atoms with E-state index in [9.17, 15) is 13.2 Å². The van der Waals surface area contributed by atoms with E-state index in [0.717, 1.165) is 6.07 Å². The van der Waals surface area contributed by atoms with Crippen LogP contribution in [-0.4, -0.2) is 31.5 Å². The lowest BCUT2D eigenvalue weighted by Crippen LogP contribution is -2.13. The Balaban J connectivity index is 2.55. The van der Waals surface area contributed by atoms with Gasteiger partial charge in [-0.2, -0.15) is 13.2 Å². The van der Waals surface area contributed by atoms with Crippen LogP contribution >= 0.6 is 0 Å². The number of rotatable bonds is 3. The van der Waals surface area contributed by atoms with Crippen molar-refractivity contribution in [3.05, 3.63) is 18.0 Å². The van der Waals surface area contributed by atoms with Gasteiger partial charge in [0.15, 0.2) is 5.69 Å². The summed E-state index contributed by atoms with van der Waals surface area (Å²) in [5.41, 5.74) is -0.507. The summed E-state index contributed by atoms with van der Waals surface area (Å²) >= 11 is 0. The van der Waals surface area contributed by atoms with Crippen LogP contribution in [0, 0.1) is 0 Å². The second kappa shape index (κ2) is 4.82. The van der Waals surface area contributed by atoms with Crippen LogP contribution in [0.1, 0.15) is 12.6 Å². The lowest BCUT2D eigenvalue weighted by molar-refractivity contribution is -0.141. The van der Waals surface area contributed by atoms with Crippen molar-refractivity contribution in [1.29, 1.82) is 0 Å². The number of alkyl halides is 3. The molecule has 0 saturated heterocycles. The highest BCUT2D eigenvalue weighted by Gasteiger charge is 2.34. The number of aromatic nitrogens is 5. The van der Waals surface area contributed by atoms with E-state index < -0.39 is 11.9 Å².